The Morgan fingerprint density at radius 2 is 1.72 bits per heavy atom. The molecule has 5 rings (SSSR count). The number of non-ortho nitro benzene ring substituents is 1. The van der Waals surface area contributed by atoms with Crippen LogP contribution < -0.4 is 5.32 Å². The Kier molecular flexibility index (Phi) is 10.2. The number of benzene rings is 4. The minimum atomic E-state index is -0.444. The summed E-state index contributed by atoms with van der Waals surface area (Å²) < 4.78 is 15.6. The van der Waals surface area contributed by atoms with Gasteiger partial charge in [-0.15, -0.1) is 0 Å². The van der Waals surface area contributed by atoms with Crippen molar-refractivity contribution in [2.75, 3.05) is 6.54 Å². The Balaban J connectivity index is 1.35. The smallest absolute Gasteiger partial charge is 0.269 e. The molecular formula is C36H36FN5O4. The average molecular weight is 622 g/mol. The second kappa shape index (κ2) is 14.6. The fourth-order valence-corrected chi connectivity index (χ4v) is 5.50. The zero-order valence-electron chi connectivity index (χ0n) is 25.8. The summed E-state index contributed by atoms with van der Waals surface area (Å²) in [6, 6.07) is 25.4. The van der Waals surface area contributed by atoms with Gasteiger partial charge in [0.25, 0.3) is 11.6 Å². The van der Waals surface area contributed by atoms with Crippen molar-refractivity contribution < 1.29 is 18.9 Å². The molecule has 0 bridgehead atoms. The Hall–Kier alpha value is -5.38. The number of aromatic nitrogens is 2. The van der Waals surface area contributed by atoms with Crippen LogP contribution in [0.3, 0.4) is 0 Å². The van der Waals surface area contributed by atoms with Gasteiger partial charge in [0.2, 0.25) is 5.91 Å². The van der Waals surface area contributed by atoms with Crippen molar-refractivity contribution >= 4 is 28.3 Å². The van der Waals surface area contributed by atoms with Crippen LogP contribution in [0.5, 0.6) is 0 Å². The molecule has 2 atom stereocenters. The van der Waals surface area contributed by atoms with Crippen molar-refractivity contribution in [3.05, 3.63) is 142 Å². The molecule has 1 heterocycles. The quantitative estimate of drug-likeness (QED) is 0.118. The van der Waals surface area contributed by atoms with Crippen LogP contribution in [0.1, 0.15) is 47.4 Å². The molecule has 0 aliphatic rings. The van der Waals surface area contributed by atoms with Crippen molar-refractivity contribution in [1.29, 1.82) is 0 Å². The lowest BCUT2D eigenvalue weighted by Gasteiger charge is -2.32. The number of halogens is 1. The highest BCUT2D eigenvalue weighted by Crippen LogP contribution is 2.23. The molecule has 4 aromatic carbocycles. The molecule has 0 fully saturated rings. The predicted molar refractivity (Wildman–Crippen MR) is 175 cm³/mol. The number of hydrogen-bond acceptors (Lipinski definition) is 5. The molecule has 0 aliphatic heterocycles. The molecule has 1 aromatic heterocycles. The summed E-state index contributed by atoms with van der Waals surface area (Å²) in [4.78, 5) is 43.9. The van der Waals surface area contributed by atoms with Gasteiger partial charge >= 0.3 is 0 Å². The van der Waals surface area contributed by atoms with E-state index in [4.69, 9.17) is 0 Å². The van der Waals surface area contributed by atoms with Crippen LogP contribution in [0.15, 0.2) is 104 Å². The number of carbonyl (C=O) groups excluding carboxylic acids is 2. The van der Waals surface area contributed by atoms with Gasteiger partial charge in [-0.05, 0) is 52.1 Å². The number of fused-ring (bicyclic) bond motifs is 1. The van der Waals surface area contributed by atoms with Crippen molar-refractivity contribution in [2.24, 2.45) is 5.92 Å². The third-order valence-electron chi connectivity index (χ3n) is 8.35. The van der Waals surface area contributed by atoms with E-state index in [1.165, 1.54) is 36.4 Å². The van der Waals surface area contributed by atoms with Gasteiger partial charge in [0.1, 0.15) is 5.82 Å². The van der Waals surface area contributed by atoms with Gasteiger partial charge in [-0.2, -0.15) is 0 Å². The fourth-order valence-electron chi connectivity index (χ4n) is 5.50. The third-order valence-corrected chi connectivity index (χ3v) is 8.35. The molecule has 0 aliphatic carbocycles. The number of nitro groups is 1. The van der Waals surface area contributed by atoms with Crippen LogP contribution in [0, 0.1) is 21.8 Å². The van der Waals surface area contributed by atoms with Gasteiger partial charge in [-0.25, -0.2) is 9.37 Å². The van der Waals surface area contributed by atoms with E-state index in [0.717, 1.165) is 28.3 Å². The molecule has 2 amide bonds. The standard InChI is InChI=1S/C36H36FN5O4/c1-3-25(2)34(39-35(43)19-32-20-38-24-41(32)21-26-11-17-31(18-12-26)42(45)46)23-40(36(44)28-13-15-30(37)16-14-28)22-29-9-6-8-27-7-4-5-10-33(27)29/h4-18,20,24-25,34H,3,19,21-23H2,1-2H3,(H,39,43)/t25-,34+/m0/s1. The second-order valence-corrected chi connectivity index (χ2v) is 11.5. The second-order valence-electron chi connectivity index (χ2n) is 11.5. The van der Waals surface area contributed by atoms with Crippen molar-refractivity contribution in [1.82, 2.24) is 19.8 Å². The predicted octanol–water partition coefficient (Wildman–Crippen LogP) is 6.55. The number of hydrogen-bond donors (Lipinski definition) is 1. The molecule has 0 spiro atoms. The molecule has 1 N–H and O–H groups in total. The van der Waals surface area contributed by atoms with E-state index in [2.05, 4.69) is 10.3 Å². The monoisotopic (exact) mass is 621 g/mol. The molecule has 9 nitrogen and oxygen atoms in total. The van der Waals surface area contributed by atoms with E-state index in [0.29, 0.717) is 24.3 Å². The van der Waals surface area contributed by atoms with Crippen molar-refractivity contribution in [3.63, 3.8) is 0 Å². The van der Waals surface area contributed by atoms with E-state index in [9.17, 15) is 24.1 Å². The summed E-state index contributed by atoms with van der Waals surface area (Å²) in [7, 11) is 0. The van der Waals surface area contributed by atoms with E-state index in [1.807, 2.05) is 60.9 Å². The van der Waals surface area contributed by atoms with E-state index < -0.39 is 10.7 Å². The van der Waals surface area contributed by atoms with Crippen LogP contribution >= 0.6 is 0 Å². The summed E-state index contributed by atoms with van der Waals surface area (Å²) in [5.41, 5.74) is 2.88. The first-order valence-corrected chi connectivity index (χ1v) is 15.2. The van der Waals surface area contributed by atoms with E-state index in [1.54, 1.807) is 29.6 Å². The molecule has 5 aromatic rings. The molecule has 10 heteroatoms. The lowest BCUT2D eigenvalue weighted by molar-refractivity contribution is -0.384. The fraction of sp³-hybridized carbons (Fsp3) is 0.250. The number of carbonyl (C=O) groups is 2. The van der Waals surface area contributed by atoms with Crippen LogP contribution in [0.2, 0.25) is 0 Å². The van der Waals surface area contributed by atoms with Gasteiger partial charge in [0.15, 0.2) is 0 Å². The number of imidazole rings is 1. The molecule has 0 radical (unpaired) electrons. The van der Waals surface area contributed by atoms with Crippen LogP contribution in [0.25, 0.3) is 10.8 Å². The third kappa shape index (κ3) is 7.82. The number of rotatable bonds is 13. The lowest BCUT2D eigenvalue weighted by atomic mass is 9.97. The minimum Gasteiger partial charge on any atom is -0.351 e. The Labute approximate surface area is 266 Å². The first-order chi connectivity index (χ1) is 22.2. The summed E-state index contributed by atoms with van der Waals surface area (Å²) in [5.74, 6) is -0.841. The maximum atomic E-state index is 13.9. The van der Waals surface area contributed by atoms with Gasteiger partial charge < -0.3 is 14.8 Å². The SMILES string of the molecule is CC[C@H](C)[C@@H](CN(Cc1cccc2ccccc12)C(=O)c1ccc(F)cc1)NC(=O)Cc1cncn1Cc1ccc([N+](=O)[O-])cc1. The topological polar surface area (TPSA) is 110 Å². The van der Waals surface area contributed by atoms with Gasteiger partial charge in [-0.1, -0.05) is 74.9 Å². The minimum absolute atomic E-state index is 0.0115. The highest BCUT2D eigenvalue weighted by Gasteiger charge is 2.26. The summed E-state index contributed by atoms with van der Waals surface area (Å²) in [6.07, 6.45) is 4.10. The zero-order valence-corrected chi connectivity index (χ0v) is 25.8. The largest absolute Gasteiger partial charge is 0.351 e. The summed E-state index contributed by atoms with van der Waals surface area (Å²) in [5, 5.41) is 16.3. The normalized spacial score (nSPS) is 12.4. The average Bonchev–Trinajstić information content (AvgIpc) is 3.49. The Bertz CT molecular complexity index is 1820. The number of nitro benzene ring substituents is 1. The highest BCUT2D eigenvalue weighted by molar-refractivity contribution is 5.95. The van der Waals surface area contributed by atoms with Crippen molar-refractivity contribution in [2.45, 2.75) is 45.8 Å². The molecule has 236 valence electrons. The van der Waals surface area contributed by atoms with Crippen LogP contribution in [-0.2, 0) is 24.3 Å². The molecule has 0 saturated carbocycles. The van der Waals surface area contributed by atoms with Gasteiger partial charge in [0.05, 0.1) is 17.7 Å². The van der Waals surface area contributed by atoms with Gasteiger partial charge in [0, 0.05) is 55.3 Å². The first kappa shape index (κ1) is 32.0. The number of nitrogens with zero attached hydrogens (tertiary/aromatic N) is 4. The number of nitrogens with one attached hydrogen (secondary N) is 1. The zero-order chi connectivity index (χ0) is 32.6. The highest BCUT2D eigenvalue weighted by atomic mass is 19.1. The Morgan fingerprint density at radius 1 is 1.00 bits per heavy atom. The summed E-state index contributed by atoms with van der Waals surface area (Å²) >= 11 is 0. The van der Waals surface area contributed by atoms with E-state index in [-0.39, 0.29) is 42.4 Å². The lowest BCUT2D eigenvalue weighted by Crippen LogP contribution is -2.49. The van der Waals surface area contributed by atoms with Crippen LogP contribution in [0.4, 0.5) is 10.1 Å². The van der Waals surface area contributed by atoms with Crippen LogP contribution in [-0.4, -0.2) is 43.8 Å². The molecular weight excluding hydrogens is 585 g/mol. The molecule has 0 saturated heterocycles. The van der Waals surface area contributed by atoms with Crippen molar-refractivity contribution in [3.8, 4) is 0 Å². The number of amides is 2. The molecule has 0 unspecified atom stereocenters. The first-order valence-electron chi connectivity index (χ1n) is 15.2. The molecule has 46 heavy (non-hydrogen) atoms. The maximum Gasteiger partial charge on any atom is 0.269 e. The van der Waals surface area contributed by atoms with Gasteiger partial charge in [-0.3, -0.25) is 19.7 Å². The maximum absolute atomic E-state index is 13.9. The Morgan fingerprint density at radius 3 is 2.43 bits per heavy atom. The van der Waals surface area contributed by atoms with E-state index >= 15 is 0 Å². The summed E-state index contributed by atoms with van der Waals surface area (Å²) in [6.45, 7) is 5.05.